The van der Waals surface area contributed by atoms with Crippen molar-refractivity contribution in [2.24, 2.45) is 0 Å². The molecular formula is C25H25F2N6O5P. The Morgan fingerprint density at radius 1 is 1.18 bits per heavy atom. The monoisotopic (exact) mass is 558 g/mol. The molecule has 204 valence electrons. The molecule has 0 atom stereocenters. The summed E-state index contributed by atoms with van der Waals surface area (Å²) in [4.78, 5) is 42.3. The Bertz CT molecular complexity index is 1580. The number of imidazole rings is 1. The molecule has 14 heteroatoms. The molecule has 0 aliphatic carbocycles. The van der Waals surface area contributed by atoms with Crippen LogP contribution >= 0.6 is 7.75 Å². The van der Waals surface area contributed by atoms with Gasteiger partial charge in [0.1, 0.15) is 28.8 Å². The minimum atomic E-state index is -4.36. The highest BCUT2D eigenvalue weighted by molar-refractivity contribution is 7.49. The van der Waals surface area contributed by atoms with Crippen LogP contribution in [-0.2, 0) is 4.57 Å². The maximum absolute atomic E-state index is 14.9. The number of methoxy groups -OCH3 is 1. The van der Waals surface area contributed by atoms with Crippen molar-refractivity contribution in [1.82, 2.24) is 19.5 Å². The van der Waals surface area contributed by atoms with E-state index < -0.39 is 25.3 Å². The van der Waals surface area contributed by atoms with Gasteiger partial charge in [0.15, 0.2) is 5.65 Å². The average Bonchev–Trinajstić information content (AvgIpc) is 3.37. The Balaban J connectivity index is 1.45. The molecule has 1 fully saturated rings. The molecule has 0 bridgehead atoms. The highest BCUT2D eigenvalue weighted by Gasteiger charge is 2.27. The van der Waals surface area contributed by atoms with Crippen molar-refractivity contribution in [2.45, 2.75) is 18.9 Å². The van der Waals surface area contributed by atoms with Crippen LogP contribution in [0.2, 0.25) is 0 Å². The van der Waals surface area contributed by atoms with E-state index in [-0.39, 0.29) is 34.4 Å². The van der Waals surface area contributed by atoms with Crippen LogP contribution in [0.15, 0.2) is 55.0 Å². The van der Waals surface area contributed by atoms with Gasteiger partial charge >= 0.3 is 7.75 Å². The summed E-state index contributed by atoms with van der Waals surface area (Å²) in [6.45, 7) is 0.839. The van der Waals surface area contributed by atoms with Gasteiger partial charge in [0.25, 0.3) is 5.91 Å². The molecule has 0 radical (unpaired) electrons. The van der Waals surface area contributed by atoms with E-state index in [0.29, 0.717) is 37.3 Å². The third-order valence-corrected chi connectivity index (χ3v) is 7.13. The summed E-state index contributed by atoms with van der Waals surface area (Å²) >= 11 is 0. The van der Waals surface area contributed by atoms with Crippen LogP contribution in [-0.4, -0.2) is 56.3 Å². The Kier molecular flexibility index (Phi) is 7.32. The predicted octanol–water partition coefficient (Wildman–Crippen LogP) is 3.59. The summed E-state index contributed by atoms with van der Waals surface area (Å²) in [7, 11) is -2.97. The number of amides is 1. The molecule has 0 saturated carbocycles. The number of nitrogens with one attached hydrogen (secondary N) is 2. The minimum absolute atomic E-state index is 0.0454. The van der Waals surface area contributed by atoms with E-state index in [1.54, 1.807) is 12.3 Å². The van der Waals surface area contributed by atoms with Crippen molar-refractivity contribution in [2.75, 3.05) is 30.4 Å². The van der Waals surface area contributed by atoms with Gasteiger partial charge in [-0.05, 0) is 43.2 Å². The number of rotatable bonds is 7. The van der Waals surface area contributed by atoms with E-state index in [1.807, 2.05) is 4.90 Å². The number of carbonyl (C=O) groups is 1. The third-order valence-electron chi connectivity index (χ3n) is 6.43. The third kappa shape index (κ3) is 5.76. The van der Waals surface area contributed by atoms with Gasteiger partial charge in [-0.25, -0.2) is 28.4 Å². The summed E-state index contributed by atoms with van der Waals surface area (Å²) in [6, 6.07) is 7.93. The highest BCUT2D eigenvalue weighted by Crippen LogP contribution is 2.35. The number of carbonyl (C=O) groups excluding carboxylic acids is 1. The minimum Gasteiger partial charge on any atom is -0.496 e. The van der Waals surface area contributed by atoms with Crippen LogP contribution in [0.25, 0.3) is 16.9 Å². The lowest BCUT2D eigenvalue weighted by molar-refractivity contribution is 0.102. The van der Waals surface area contributed by atoms with Gasteiger partial charge in [0, 0.05) is 37.7 Å². The zero-order valence-corrected chi connectivity index (χ0v) is 21.6. The van der Waals surface area contributed by atoms with Crippen LogP contribution < -0.4 is 20.0 Å². The highest BCUT2D eigenvalue weighted by atomic mass is 31.2. The molecule has 39 heavy (non-hydrogen) atoms. The fraction of sp³-hybridized carbons (Fsp3) is 0.240. The number of benzene rings is 2. The van der Waals surface area contributed by atoms with Crippen molar-refractivity contribution in [3.8, 4) is 17.0 Å². The van der Waals surface area contributed by atoms with Crippen LogP contribution in [0.3, 0.4) is 0 Å². The number of anilines is 2. The number of hydrogen-bond acceptors (Lipinski definition) is 6. The van der Waals surface area contributed by atoms with Crippen LogP contribution in [0.1, 0.15) is 23.3 Å². The molecule has 4 aromatic rings. The first-order chi connectivity index (χ1) is 18.6. The van der Waals surface area contributed by atoms with Crippen molar-refractivity contribution in [1.29, 1.82) is 0 Å². The number of piperidine rings is 1. The lowest BCUT2D eigenvalue weighted by atomic mass is 10.0. The van der Waals surface area contributed by atoms with Crippen LogP contribution in [0, 0.1) is 11.6 Å². The quantitative estimate of drug-likeness (QED) is 0.251. The average molecular weight is 558 g/mol. The van der Waals surface area contributed by atoms with E-state index in [0.717, 1.165) is 0 Å². The molecule has 5 rings (SSSR count). The first kappa shape index (κ1) is 26.7. The van der Waals surface area contributed by atoms with E-state index in [1.165, 1.54) is 54.2 Å². The van der Waals surface area contributed by atoms with Crippen LogP contribution in [0.5, 0.6) is 5.75 Å². The van der Waals surface area contributed by atoms with E-state index in [2.05, 4.69) is 20.4 Å². The van der Waals surface area contributed by atoms with Gasteiger partial charge in [0.05, 0.1) is 24.0 Å². The number of nitrogens with zero attached hydrogens (tertiary/aromatic N) is 4. The largest absolute Gasteiger partial charge is 0.496 e. The SMILES string of the molecule is COc1cccc(F)c1-c1nc(C(=O)Nc2cc(F)ccc2N2CCC(NP(=O)(O)O)CC2)cn2ccnc12. The normalized spacial score (nSPS) is 14.5. The molecular weight excluding hydrogens is 533 g/mol. The van der Waals surface area contributed by atoms with E-state index in [4.69, 9.17) is 4.74 Å². The number of fused-ring (bicyclic) bond motifs is 1. The van der Waals surface area contributed by atoms with Gasteiger partial charge in [-0.3, -0.25) is 4.79 Å². The van der Waals surface area contributed by atoms with Gasteiger partial charge in [-0.2, -0.15) is 0 Å². The molecule has 11 nitrogen and oxygen atoms in total. The lowest BCUT2D eigenvalue weighted by Crippen LogP contribution is -2.41. The molecule has 0 spiro atoms. The van der Waals surface area contributed by atoms with Gasteiger partial charge in [-0.1, -0.05) is 6.07 Å². The second-order valence-corrected chi connectivity index (χ2v) is 10.3. The van der Waals surface area contributed by atoms with Crippen LogP contribution in [0.4, 0.5) is 20.2 Å². The Hall–Kier alpha value is -3.90. The van der Waals surface area contributed by atoms with Gasteiger partial charge in [-0.15, -0.1) is 0 Å². The molecule has 1 aliphatic heterocycles. The second kappa shape index (κ2) is 10.7. The lowest BCUT2D eigenvalue weighted by Gasteiger charge is -2.35. The first-order valence-electron chi connectivity index (χ1n) is 12.0. The number of ether oxygens (including phenoxy) is 1. The summed E-state index contributed by atoms with van der Waals surface area (Å²) in [5.41, 5.74) is 1.12. The van der Waals surface area contributed by atoms with E-state index in [9.17, 15) is 27.9 Å². The molecule has 2 aromatic heterocycles. The number of aromatic nitrogens is 3. The molecule has 4 N–H and O–H groups in total. The van der Waals surface area contributed by atoms with E-state index >= 15 is 0 Å². The van der Waals surface area contributed by atoms with Gasteiger partial charge < -0.3 is 29.1 Å². The smallest absolute Gasteiger partial charge is 0.400 e. The molecule has 1 saturated heterocycles. The van der Waals surface area contributed by atoms with Crippen molar-refractivity contribution in [3.05, 3.63) is 72.3 Å². The maximum atomic E-state index is 14.9. The van der Waals surface area contributed by atoms with Crippen molar-refractivity contribution >= 4 is 30.7 Å². The molecule has 3 heterocycles. The molecule has 0 unspecified atom stereocenters. The summed E-state index contributed by atoms with van der Waals surface area (Å²) in [6.07, 6.45) is 5.39. The first-order valence-corrected chi connectivity index (χ1v) is 13.6. The van der Waals surface area contributed by atoms with Gasteiger partial charge in [0.2, 0.25) is 0 Å². The topological polar surface area (TPSA) is 141 Å². The fourth-order valence-corrected chi connectivity index (χ4v) is 5.40. The maximum Gasteiger partial charge on any atom is 0.400 e. The number of halogens is 2. The fourth-order valence-electron chi connectivity index (χ4n) is 4.67. The zero-order valence-electron chi connectivity index (χ0n) is 20.7. The van der Waals surface area contributed by atoms with Crippen molar-refractivity contribution < 1.29 is 32.7 Å². The predicted molar refractivity (Wildman–Crippen MR) is 140 cm³/mol. The Morgan fingerprint density at radius 3 is 2.67 bits per heavy atom. The Morgan fingerprint density at radius 2 is 1.95 bits per heavy atom. The second-order valence-electron chi connectivity index (χ2n) is 9.00. The molecule has 2 aromatic carbocycles. The summed E-state index contributed by atoms with van der Waals surface area (Å²) < 4.78 is 47.3. The molecule has 1 aliphatic rings. The van der Waals surface area contributed by atoms with Crippen molar-refractivity contribution in [3.63, 3.8) is 0 Å². The summed E-state index contributed by atoms with van der Waals surface area (Å²) in [5, 5.41) is 5.02. The Labute approximate surface area is 221 Å². The number of hydrogen-bond donors (Lipinski definition) is 4. The summed E-state index contributed by atoms with van der Waals surface area (Å²) in [5.74, 6) is -1.61. The standard InChI is InChI=1S/C25H25F2N6O5P/c1-38-21-4-2-3-17(27)22(21)23-24-28-9-12-33(24)14-19(29-23)25(34)30-18-13-15(26)5-6-20(18)32-10-7-16(8-11-32)31-39(35,36)37/h2-6,9,12-14,16H,7-8,10-11H2,1H3,(H,30,34)(H3,31,35,36,37). The molecule has 1 amide bonds. The zero-order chi connectivity index (χ0) is 27.7.